The summed E-state index contributed by atoms with van der Waals surface area (Å²) in [6, 6.07) is -0.300. The van der Waals surface area contributed by atoms with Gasteiger partial charge in [-0.3, -0.25) is 9.59 Å². The van der Waals surface area contributed by atoms with Gasteiger partial charge in [-0.2, -0.15) is 0 Å². The predicted molar refractivity (Wildman–Crippen MR) is 35.2 cm³/mol. The third kappa shape index (κ3) is 1.46. The lowest BCUT2D eigenvalue weighted by Crippen LogP contribution is -2.47. The molecule has 2 N–H and O–H groups in total. The Hall–Kier alpha value is -1.06. The molecule has 1 aliphatic heterocycles. The Kier molecular flexibility index (Phi) is 2.25. The van der Waals surface area contributed by atoms with Crippen LogP contribution in [0.25, 0.3) is 0 Å². The molecule has 2 amide bonds. The van der Waals surface area contributed by atoms with Crippen molar-refractivity contribution in [1.82, 2.24) is 10.6 Å². The second-order valence-corrected chi connectivity index (χ2v) is 2.27. The van der Waals surface area contributed by atoms with Gasteiger partial charge in [-0.05, 0) is 12.8 Å². The summed E-state index contributed by atoms with van der Waals surface area (Å²) in [4.78, 5) is 20.8. The van der Waals surface area contributed by atoms with E-state index in [1.165, 1.54) is 0 Å². The highest BCUT2D eigenvalue weighted by atomic mass is 16.2. The largest absolute Gasteiger partial charge is 0.354 e. The Morgan fingerprint density at radius 2 is 2.50 bits per heavy atom. The molecular weight excluding hydrogens is 132 g/mol. The summed E-state index contributed by atoms with van der Waals surface area (Å²) in [5, 5.41) is 5.10. The first kappa shape index (κ1) is 7.05. The zero-order valence-electron chi connectivity index (χ0n) is 5.59. The quantitative estimate of drug-likeness (QED) is 0.486. The van der Waals surface area contributed by atoms with E-state index in [1.807, 2.05) is 0 Å². The molecule has 0 aromatic rings. The molecule has 56 valence electrons. The number of piperidine rings is 1. The first-order valence-corrected chi connectivity index (χ1v) is 3.32. The van der Waals surface area contributed by atoms with Crippen LogP contribution in [0.5, 0.6) is 0 Å². The molecule has 0 bridgehead atoms. The minimum atomic E-state index is -0.300. The Labute approximate surface area is 59.0 Å². The Morgan fingerprint density at radius 3 is 3.10 bits per heavy atom. The lowest BCUT2D eigenvalue weighted by atomic mass is 10.1. The zero-order valence-corrected chi connectivity index (χ0v) is 5.59. The molecule has 0 radical (unpaired) electrons. The average Bonchev–Trinajstić information content (AvgIpc) is 1.94. The van der Waals surface area contributed by atoms with Crippen LogP contribution < -0.4 is 10.6 Å². The van der Waals surface area contributed by atoms with Crippen LogP contribution in [-0.2, 0) is 9.59 Å². The van der Waals surface area contributed by atoms with Crippen molar-refractivity contribution in [2.45, 2.75) is 18.9 Å². The molecule has 4 nitrogen and oxygen atoms in total. The van der Waals surface area contributed by atoms with E-state index in [4.69, 9.17) is 0 Å². The van der Waals surface area contributed by atoms with Gasteiger partial charge < -0.3 is 10.6 Å². The molecule has 1 unspecified atom stereocenters. The second kappa shape index (κ2) is 3.20. The van der Waals surface area contributed by atoms with Crippen molar-refractivity contribution in [3.05, 3.63) is 0 Å². The van der Waals surface area contributed by atoms with Crippen molar-refractivity contribution in [2.75, 3.05) is 6.54 Å². The Bertz CT molecular complexity index is 147. The molecule has 0 aliphatic carbocycles. The standard InChI is InChI=1S/C6H10N2O2/c9-4-8-5-2-1-3-7-6(5)10/h4-5H,1-3H2,(H,7,10)(H,8,9). The molecule has 1 aliphatic rings. The van der Waals surface area contributed by atoms with Gasteiger partial charge in [0, 0.05) is 6.54 Å². The summed E-state index contributed by atoms with van der Waals surface area (Å²) in [6.45, 7) is 0.732. The number of hydrogen-bond donors (Lipinski definition) is 2. The Balaban J connectivity index is 2.39. The van der Waals surface area contributed by atoms with E-state index in [1.54, 1.807) is 0 Å². The number of carbonyl (C=O) groups excluding carboxylic acids is 2. The van der Waals surface area contributed by atoms with E-state index < -0.39 is 0 Å². The van der Waals surface area contributed by atoms with Gasteiger partial charge in [0.05, 0.1) is 0 Å². The molecule has 1 rings (SSSR count). The fourth-order valence-corrected chi connectivity index (χ4v) is 1.01. The van der Waals surface area contributed by atoms with Crippen LogP contribution in [0.3, 0.4) is 0 Å². The molecule has 4 heteroatoms. The third-order valence-electron chi connectivity index (χ3n) is 1.55. The van der Waals surface area contributed by atoms with E-state index in [0.29, 0.717) is 6.41 Å². The van der Waals surface area contributed by atoms with Crippen LogP contribution in [0.15, 0.2) is 0 Å². The molecule has 1 heterocycles. The number of carbonyl (C=O) groups is 2. The molecule has 1 fully saturated rings. The fourth-order valence-electron chi connectivity index (χ4n) is 1.01. The first-order chi connectivity index (χ1) is 4.84. The molecule has 0 aromatic heterocycles. The fraction of sp³-hybridized carbons (Fsp3) is 0.667. The molecule has 1 saturated heterocycles. The summed E-state index contributed by atoms with van der Waals surface area (Å²) >= 11 is 0. The van der Waals surface area contributed by atoms with Crippen molar-refractivity contribution in [3.8, 4) is 0 Å². The average molecular weight is 142 g/mol. The number of hydrogen-bond acceptors (Lipinski definition) is 2. The van der Waals surface area contributed by atoms with Gasteiger partial charge in [-0.25, -0.2) is 0 Å². The topological polar surface area (TPSA) is 58.2 Å². The molecule has 0 saturated carbocycles. The molecule has 1 atom stereocenters. The van der Waals surface area contributed by atoms with Crippen molar-refractivity contribution in [2.24, 2.45) is 0 Å². The van der Waals surface area contributed by atoms with Gasteiger partial charge in [0.2, 0.25) is 12.3 Å². The normalized spacial score (nSPS) is 25.2. The lowest BCUT2D eigenvalue weighted by Gasteiger charge is -2.20. The number of rotatable bonds is 2. The van der Waals surface area contributed by atoms with E-state index >= 15 is 0 Å². The van der Waals surface area contributed by atoms with Crippen molar-refractivity contribution < 1.29 is 9.59 Å². The minimum absolute atomic E-state index is 0.0710. The van der Waals surface area contributed by atoms with Crippen LogP contribution in [0.1, 0.15) is 12.8 Å². The van der Waals surface area contributed by atoms with Crippen molar-refractivity contribution in [1.29, 1.82) is 0 Å². The molecule has 0 aromatic carbocycles. The third-order valence-corrected chi connectivity index (χ3v) is 1.55. The highest BCUT2D eigenvalue weighted by molar-refractivity contribution is 5.84. The zero-order chi connectivity index (χ0) is 7.40. The predicted octanol–water partition coefficient (Wildman–Crippen LogP) is -0.989. The van der Waals surface area contributed by atoms with Gasteiger partial charge in [0.15, 0.2) is 0 Å². The maximum atomic E-state index is 10.9. The smallest absolute Gasteiger partial charge is 0.242 e. The lowest BCUT2D eigenvalue weighted by molar-refractivity contribution is -0.126. The number of amides is 2. The van der Waals surface area contributed by atoms with Crippen LogP contribution in [0.4, 0.5) is 0 Å². The summed E-state index contributed by atoms with van der Waals surface area (Å²) in [6.07, 6.45) is 2.26. The van der Waals surface area contributed by atoms with E-state index in [0.717, 1.165) is 19.4 Å². The highest BCUT2D eigenvalue weighted by Crippen LogP contribution is 2.00. The second-order valence-electron chi connectivity index (χ2n) is 2.27. The van der Waals surface area contributed by atoms with E-state index in [9.17, 15) is 9.59 Å². The SMILES string of the molecule is O=CNC1CCCNC1=O. The highest BCUT2D eigenvalue weighted by Gasteiger charge is 2.20. The maximum Gasteiger partial charge on any atom is 0.242 e. The van der Waals surface area contributed by atoms with Crippen LogP contribution >= 0.6 is 0 Å². The van der Waals surface area contributed by atoms with Gasteiger partial charge in [-0.1, -0.05) is 0 Å². The summed E-state index contributed by atoms with van der Waals surface area (Å²) in [5.74, 6) is -0.0710. The van der Waals surface area contributed by atoms with Gasteiger partial charge in [-0.15, -0.1) is 0 Å². The molecular formula is C6H10N2O2. The minimum Gasteiger partial charge on any atom is -0.354 e. The van der Waals surface area contributed by atoms with Gasteiger partial charge >= 0.3 is 0 Å². The van der Waals surface area contributed by atoms with Crippen LogP contribution in [0, 0.1) is 0 Å². The van der Waals surface area contributed by atoms with Crippen LogP contribution in [0.2, 0.25) is 0 Å². The summed E-state index contributed by atoms with van der Waals surface area (Å²) in [5.41, 5.74) is 0. The first-order valence-electron chi connectivity index (χ1n) is 3.32. The monoisotopic (exact) mass is 142 g/mol. The summed E-state index contributed by atoms with van der Waals surface area (Å²) < 4.78 is 0. The van der Waals surface area contributed by atoms with Crippen molar-refractivity contribution in [3.63, 3.8) is 0 Å². The Morgan fingerprint density at radius 1 is 1.70 bits per heavy atom. The van der Waals surface area contributed by atoms with E-state index in [2.05, 4.69) is 10.6 Å². The van der Waals surface area contributed by atoms with Gasteiger partial charge in [0.25, 0.3) is 0 Å². The van der Waals surface area contributed by atoms with E-state index in [-0.39, 0.29) is 11.9 Å². The van der Waals surface area contributed by atoms with Crippen molar-refractivity contribution >= 4 is 12.3 Å². The maximum absolute atomic E-state index is 10.9. The van der Waals surface area contributed by atoms with Crippen LogP contribution in [-0.4, -0.2) is 24.9 Å². The molecule has 0 spiro atoms. The number of nitrogens with one attached hydrogen (secondary N) is 2. The van der Waals surface area contributed by atoms with Gasteiger partial charge in [0.1, 0.15) is 6.04 Å². The molecule has 10 heavy (non-hydrogen) atoms. The summed E-state index contributed by atoms with van der Waals surface area (Å²) in [7, 11) is 0.